The molecule has 0 saturated carbocycles. The van der Waals surface area contributed by atoms with Crippen molar-refractivity contribution >= 4 is 11.8 Å². The van der Waals surface area contributed by atoms with Crippen LogP contribution in [0.5, 0.6) is 0 Å². The van der Waals surface area contributed by atoms with Gasteiger partial charge in [-0.3, -0.25) is 14.5 Å². The van der Waals surface area contributed by atoms with Gasteiger partial charge < -0.3 is 10.2 Å². The molecule has 0 atom stereocenters. The molecule has 1 aromatic carbocycles. The van der Waals surface area contributed by atoms with E-state index in [-0.39, 0.29) is 11.8 Å². The predicted molar refractivity (Wildman–Crippen MR) is 100 cm³/mol. The van der Waals surface area contributed by atoms with E-state index in [1.54, 1.807) is 12.1 Å². The van der Waals surface area contributed by atoms with Crippen LogP contribution in [0.25, 0.3) is 0 Å². The summed E-state index contributed by atoms with van der Waals surface area (Å²) in [6, 6.07) is 9.48. The van der Waals surface area contributed by atoms with Crippen LogP contribution in [0.2, 0.25) is 0 Å². The molecule has 6 nitrogen and oxygen atoms in total. The number of carbonyl (C=O) groups excluding carboxylic acids is 2. The average Bonchev–Trinajstić information content (AvgIpc) is 2.83. The van der Waals surface area contributed by atoms with Gasteiger partial charge in [-0.15, -0.1) is 0 Å². The molecule has 0 aromatic heterocycles. The van der Waals surface area contributed by atoms with E-state index in [9.17, 15) is 9.59 Å². The topological polar surface area (TPSA) is 76.4 Å². The monoisotopic (exact) mass is 356 g/mol. The number of rotatable bonds is 8. The summed E-state index contributed by atoms with van der Waals surface area (Å²) in [7, 11) is 1.90. The molecule has 0 aliphatic carbocycles. The van der Waals surface area contributed by atoms with Crippen molar-refractivity contribution in [2.45, 2.75) is 38.6 Å². The highest BCUT2D eigenvalue weighted by Crippen LogP contribution is 2.11. The van der Waals surface area contributed by atoms with Crippen LogP contribution >= 0.6 is 0 Å². The van der Waals surface area contributed by atoms with Gasteiger partial charge in [0.25, 0.3) is 0 Å². The molecule has 1 N–H and O–H groups in total. The van der Waals surface area contributed by atoms with Gasteiger partial charge in [-0.2, -0.15) is 5.26 Å². The minimum absolute atomic E-state index is 0.0108. The van der Waals surface area contributed by atoms with Gasteiger partial charge in [0, 0.05) is 32.6 Å². The Morgan fingerprint density at radius 3 is 2.77 bits per heavy atom. The Labute approximate surface area is 155 Å². The number of benzene rings is 1. The van der Waals surface area contributed by atoms with Crippen molar-refractivity contribution in [1.82, 2.24) is 15.1 Å². The first kappa shape index (κ1) is 19.9. The summed E-state index contributed by atoms with van der Waals surface area (Å²) in [5, 5.41) is 11.7. The smallest absolute Gasteiger partial charge is 0.234 e. The first-order valence-corrected chi connectivity index (χ1v) is 9.30. The number of amides is 2. The van der Waals surface area contributed by atoms with Crippen LogP contribution in [-0.2, 0) is 16.1 Å². The number of carbonyl (C=O) groups is 2. The van der Waals surface area contributed by atoms with E-state index in [1.807, 2.05) is 29.0 Å². The van der Waals surface area contributed by atoms with Crippen molar-refractivity contribution in [3.63, 3.8) is 0 Å². The molecule has 2 amide bonds. The van der Waals surface area contributed by atoms with Crippen molar-refractivity contribution in [2.24, 2.45) is 0 Å². The van der Waals surface area contributed by atoms with Gasteiger partial charge in [-0.1, -0.05) is 18.6 Å². The van der Waals surface area contributed by atoms with Crippen LogP contribution in [0.1, 0.15) is 43.2 Å². The molecule has 140 valence electrons. The van der Waals surface area contributed by atoms with Crippen molar-refractivity contribution in [2.75, 3.05) is 33.2 Å². The lowest BCUT2D eigenvalue weighted by Gasteiger charge is -2.21. The van der Waals surface area contributed by atoms with Crippen LogP contribution in [0.3, 0.4) is 0 Å². The van der Waals surface area contributed by atoms with E-state index in [0.717, 1.165) is 44.3 Å². The van der Waals surface area contributed by atoms with Crippen LogP contribution in [0, 0.1) is 11.3 Å². The number of likely N-dealkylation sites (tertiary alicyclic amines) is 1. The second-order valence-corrected chi connectivity index (χ2v) is 6.88. The third-order valence-electron chi connectivity index (χ3n) is 4.55. The van der Waals surface area contributed by atoms with Gasteiger partial charge in [0.15, 0.2) is 0 Å². The molecule has 26 heavy (non-hydrogen) atoms. The van der Waals surface area contributed by atoms with Crippen molar-refractivity contribution in [1.29, 1.82) is 5.26 Å². The molecule has 1 aliphatic heterocycles. The van der Waals surface area contributed by atoms with E-state index in [0.29, 0.717) is 31.6 Å². The zero-order chi connectivity index (χ0) is 18.8. The average molecular weight is 356 g/mol. The number of hydrogen-bond donors (Lipinski definition) is 1. The second-order valence-electron chi connectivity index (χ2n) is 6.88. The van der Waals surface area contributed by atoms with Gasteiger partial charge in [-0.05, 0) is 44.0 Å². The van der Waals surface area contributed by atoms with Gasteiger partial charge in [0.05, 0.1) is 18.2 Å². The Balaban J connectivity index is 1.63. The largest absolute Gasteiger partial charge is 0.355 e. The van der Waals surface area contributed by atoms with Crippen molar-refractivity contribution in [3.8, 4) is 6.07 Å². The van der Waals surface area contributed by atoms with E-state index in [2.05, 4.69) is 11.4 Å². The first-order chi connectivity index (χ1) is 12.6. The molecule has 0 bridgehead atoms. The van der Waals surface area contributed by atoms with Crippen LogP contribution in [0.15, 0.2) is 24.3 Å². The third-order valence-corrected chi connectivity index (χ3v) is 4.55. The highest BCUT2D eigenvalue weighted by molar-refractivity contribution is 5.78. The summed E-state index contributed by atoms with van der Waals surface area (Å²) in [6.07, 6.45) is 4.66. The number of nitriles is 1. The highest BCUT2D eigenvalue weighted by Gasteiger charge is 2.15. The molecule has 1 aromatic rings. The number of nitrogens with one attached hydrogen (secondary N) is 1. The summed E-state index contributed by atoms with van der Waals surface area (Å²) in [5.41, 5.74) is 1.70. The maximum absolute atomic E-state index is 12.0. The maximum Gasteiger partial charge on any atom is 0.234 e. The Hall–Kier alpha value is -2.39. The van der Waals surface area contributed by atoms with Crippen molar-refractivity contribution in [3.05, 3.63) is 35.4 Å². The Bertz CT molecular complexity index is 636. The van der Waals surface area contributed by atoms with Gasteiger partial charge in [0.1, 0.15) is 0 Å². The molecule has 0 spiro atoms. The Morgan fingerprint density at radius 2 is 2.04 bits per heavy atom. The fourth-order valence-corrected chi connectivity index (χ4v) is 3.13. The molecule has 1 fully saturated rings. The number of hydrogen-bond acceptors (Lipinski definition) is 4. The summed E-state index contributed by atoms with van der Waals surface area (Å²) < 4.78 is 0. The minimum Gasteiger partial charge on any atom is -0.355 e. The SMILES string of the molecule is CN(CC(=O)NCCCN1CCCCCC1=O)Cc1ccc(C#N)cc1. The van der Waals surface area contributed by atoms with E-state index in [1.165, 1.54) is 0 Å². The first-order valence-electron chi connectivity index (χ1n) is 9.30. The lowest BCUT2D eigenvalue weighted by molar-refractivity contribution is -0.130. The van der Waals surface area contributed by atoms with E-state index in [4.69, 9.17) is 5.26 Å². The minimum atomic E-state index is -0.0108. The maximum atomic E-state index is 12.0. The summed E-state index contributed by atoms with van der Waals surface area (Å²) in [4.78, 5) is 27.8. The molecule has 1 saturated heterocycles. The number of likely N-dealkylation sites (N-methyl/N-ethyl adjacent to an activating group) is 1. The standard InChI is InChI=1S/C20H28N4O2/c1-23(15-18-9-7-17(14-21)8-10-18)16-19(25)22-11-5-13-24-12-4-2-3-6-20(24)26/h7-10H,2-6,11-13,15-16H2,1H3,(H,22,25). The second kappa shape index (κ2) is 10.6. The quantitative estimate of drug-likeness (QED) is 0.722. The zero-order valence-corrected chi connectivity index (χ0v) is 15.5. The summed E-state index contributed by atoms with van der Waals surface area (Å²) in [5.74, 6) is 0.235. The molecule has 0 unspecified atom stereocenters. The highest BCUT2D eigenvalue weighted by atomic mass is 16.2. The molecule has 2 rings (SSSR count). The fraction of sp³-hybridized carbons (Fsp3) is 0.550. The van der Waals surface area contributed by atoms with Gasteiger partial charge >= 0.3 is 0 Å². The van der Waals surface area contributed by atoms with Crippen molar-refractivity contribution < 1.29 is 9.59 Å². The fourth-order valence-electron chi connectivity index (χ4n) is 3.13. The van der Waals surface area contributed by atoms with E-state index >= 15 is 0 Å². The normalized spacial score (nSPS) is 14.8. The molecule has 6 heteroatoms. The molecule has 1 heterocycles. The summed E-state index contributed by atoms with van der Waals surface area (Å²) >= 11 is 0. The van der Waals surface area contributed by atoms with Crippen LogP contribution in [-0.4, -0.2) is 54.8 Å². The van der Waals surface area contributed by atoms with Crippen LogP contribution < -0.4 is 5.32 Å². The van der Waals surface area contributed by atoms with Crippen LogP contribution in [0.4, 0.5) is 0 Å². The molecule has 1 aliphatic rings. The zero-order valence-electron chi connectivity index (χ0n) is 15.5. The summed E-state index contributed by atoms with van der Waals surface area (Å²) in [6.45, 7) is 3.14. The van der Waals surface area contributed by atoms with Gasteiger partial charge in [0.2, 0.25) is 11.8 Å². The molecular weight excluding hydrogens is 328 g/mol. The third kappa shape index (κ3) is 6.85. The predicted octanol–water partition coefficient (Wildman–Crippen LogP) is 1.90. The van der Waals surface area contributed by atoms with Gasteiger partial charge in [-0.25, -0.2) is 0 Å². The Kier molecular flexibility index (Phi) is 8.10. The lowest BCUT2D eigenvalue weighted by atomic mass is 10.1. The number of nitrogens with zero attached hydrogens (tertiary/aromatic N) is 3. The lowest BCUT2D eigenvalue weighted by Crippen LogP contribution is -2.37. The molecule has 0 radical (unpaired) electrons. The van der Waals surface area contributed by atoms with E-state index < -0.39 is 0 Å². The molecular formula is C20H28N4O2. The Morgan fingerprint density at radius 1 is 1.27 bits per heavy atom.